The molecule has 2 nitrogen and oxygen atoms in total. The predicted octanol–water partition coefficient (Wildman–Crippen LogP) is 3.27. The van der Waals surface area contributed by atoms with E-state index in [1.807, 2.05) is 49.2 Å². The van der Waals surface area contributed by atoms with Gasteiger partial charge in [0.05, 0.1) is 5.92 Å². The molecule has 1 atom stereocenters. The van der Waals surface area contributed by atoms with Crippen molar-refractivity contribution in [1.82, 2.24) is 4.90 Å². The Morgan fingerprint density at radius 1 is 1.39 bits per heavy atom. The highest BCUT2D eigenvalue weighted by Gasteiger charge is 2.30. The smallest absolute Gasteiger partial charge is 0.229 e. The van der Waals surface area contributed by atoms with Crippen molar-refractivity contribution < 1.29 is 4.79 Å². The Hall–Kier alpha value is -1.02. The third kappa shape index (κ3) is 3.05. The van der Waals surface area contributed by atoms with E-state index in [0.717, 1.165) is 24.9 Å². The van der Waals surface area contributed by atoms with Crippen LogP contribution in [0.25, 0.3) is 0 Å². The number of carbonyl (C=O) groups is 1. The third-order valence-electron chi connectivity index (χ3n) is 3.76. The number of alkyl halides is 1. The van der Waals surface area contributed by atoms with Gasteiger partial charge in [-0.05, 0) is 31.2 Å². The maximum absolute atomic E-state index is 12.3. The van der Waals surface area contributed by atoms with E-state index in [-0.39, 0.29) is 11.8 Å². The van der Waals surface area contributed by atoms with Gasteiger partial charge in [-0.3, -0.25) is 4.79 Å². The van der Waals surface area contributed by atoms with Crippen LogP contribution in [0.4, 0.5) is 0 Å². The lowest BCUT2D eigenvalue weighted by Gasteiger charge is -2.34. The van der Waals surface area contributed by atoms with Crippen molar-refractivity contribution in [2.24, 2.45) is 5.92 Å². The zero-order chi connectivity index (χ0) is 13.1. The Labute approximate surface area is 114 Å². The Bertz CT molecular complexity index is 400. The summed E-state index contributed by atoms with van der Waals surface area (Å²) in [6.45, 7) is 2.80. The van der Waals surface area contributed by atoms with Gasteiger partial charge in [-0.25, -0.2) is 0 Å². The Morgan fingerprint density at radius 3 is 2.56 bits per heavy atom. The molecule has 0 N–H and O–H groups in total. The summed E-state index contributed by atoms with van der Waals surface area (Å²) in [4.78, 5) is 14.1. The molecule has 1 amide bonds. The maximum Gasteiger partial charge on any atom is 0.229 e. The first-order chi connectivity index (χ1) is 8.58. The van der Waals surface area contributed by atoms with Crippen LogP contribution >= 0.6 is 11.6 Å². The van der Waals surface area contributed by atoms with Crippen LogP contribution in [0.3, 0.4) is 0 Å². The van der Waals surface area contributed by atoms with Crippen LogP contribution in [0.15, 0.2) is 30.3 Å². The lowest BCUT2D eigenvalue weighted by Crippen LogP contribution is -2.39. The molecule has 0 aliphatic heterocycles. The van der Waals surface area contributed by atoms with Crippen molar-refractivity contribution in [3.05, 3.63) is 35.9 Å². The zero-order valence-corrected chi connectivity index (χ0v) is 11.7. The predicted molar refractivity (Wildman–Crippen MR) is 74.9 cm³/mol. The highest BCUT2D eigenvalue weighted by molar-refractivity contribution is 6.21. The minimum Gasteiger partial charge on any atom is -0.345 e. The quantitative estimate of drug-likeness (QED) is 0.765. The van der Waals surface area contributed by atoms with Gasteiger partial charge in [0, 0.05) is 19.0 Å². The normalized spacial score (nSPS) is 24.2. The Balaban J connectivity index is 1.90. The molecule has 1 aromatic carbocycles. The fraction of sp³-hybridized carbons (Fsp3) is 0.533. The van der Waals surface area contributed by atoms with E-state index in [0.29, 0.717) is 11.3 Å². The molecule has 0 heterocycles. The molecule has 2 rings (SSSR count). The van der Waals surface area contributed by atoms with E-state index in [9.17, 15) is 4.79 Å². The molecule has 0 radical (unpaired) electrons. The summed E-state index contributed by atoms with van der Waals surface area (Å²) < 4.78 is 0. The molecule has 98 valence electrons. The van der Waals surface area contributed by atoms with Gasteiger partial charge < -0.3 is 4.90 Å². The van der Waals surface area contributed by atoms with Gasteiger partial charge in [-0.15, -0.1) is 11.6 Å². The van der Waals surface area contributed by atoms with Crippen LogP contribution in [-0.4, -0.2) is 29.8 Å². The van der Waals surface area contributed by atoms with Crippen molar-refractivity contribution in [3.8, 4) is 0 Å². The molecule has 1 unspecified atom stereocenters. The van der Waals surface area contributed by atoms with Crippen molar-refractivity contribution in [1.29, 1.82) is 0 Å². The number of carbonyl (C=O) groups excluding carboxylic acids is 1. The van der Waals surface area contributed by atoms with Crippen LogP contribution in [-0.2, 0) is 4.79 Å². The zero-order valence-electron chi connectivity index (χ0n) is 11.0. The average Bonchev–Trinajstić information content (AvgIpc) is 2.36. The highest BCUT2D eigenvalue weighted by Crippen LogP contribution is 2.32. The van der Waals surface area contributed by atoms with Gasteiger partial charge in [-0.1, -0.05) is 30.3 Å². The van der Waals surface area contributed by atoms with Gasteiger partial charge in [0.15, 0.2) is 0 Å². The number of benzene rings is 1. The lowest BCUT2D eigenvalue weighted by atomic mass is 9.84. The molecule has 0 saturated heterocycles. The van der Waals surface area contributed by atoms with E-state index in [2.05, 4.69) is 0 Å². The number of likely N-dealkylation sites (N-methyl/N-ethyl adjacent to an activating group) is 1. The Morgan fingerprint density at radius 2 is 2.00 bits per heavy atom. The number of amides is 1. The van der Waals surface area contributed by atoms with Crippen molar-refractivity contribution in [3.63, 3.8) is 0 Å². The second-order valence-electron chi connectivity index (χ2n) is 5.29. The maximum atomic E-state index is 12.3. The molecule has 18 heavy (non-hydrogen) atoms. The average molecular weight is 266 g/mol. The molecule has 3 heteroatoms. The summed E-state index contributed by atoms with van der Waals surface area (Å²) in [5, 5.41) is 0.324. The first-order valence-corrected chi connectivity index (χ1v) is 6.95. The molecular formula is C15H20ClNO. The first-order valence-electron chi connectivity index (χ1n) is 6.52. The Kier molecular flexibility index (Phi) is 4.28. The van der Waals surface area contributed by atoms with Gasteiger partial charge in [0.25, 0.3) is 0 Å². The second-order valence-corrected chi connectivity index (χ2v) is 5.90. The highest BCUT2D eigenvalue weighted by atomic mass is 35.5. The number of halogens is 1. The largest absolute Gasteiger partial charge is 0.345 e. The number of hydrogen-bond acceptors (Lipinski definition) is 1. The molecule has 1 saturated carbocycles. The first kappa shape index (κ1) is 13.4. The van der Waals surface area contributed by atoms with Crippen LogP contribution in [0.5, 0.6) is 0 Å². The standard InChI is InChI=1S/C15H20ClNO/c1-11(13-6-4-3-5-7-13)15(18)17(2)10-12-8-14(16)9-12/h3-7,11-12,14H,8-10H2,1-2H3. The minimum absolute atomic E-state index is 0.0666. The third-order valence-corrected chi connectivity index (χ3v) is 4.11. The summed E-state index contributed by atoms with van der Waals surface area (Å²) in [5.41, 5.74) is 1.08. The number of hydrogen-bond donors (Lipinski definition) is 0. The summed E-state index contributed by atoms with van der Waals surface area (Å²) >= 11 is 5.96. The van der Waals surface area contributed by atoms with Crippen molar-refractivity contribution in [2.75, 3.05) is 13.6 Å². The summed E-state index contributed by atoms with van der Waals surface area (Å²) in [5.74, 6) is 0.715. The van der Waals surface area contributed by atoms with E-state index < -0.39 is 0 Å². The molecule has 1 aliphatic rings. The SMILES string of the molecule is CC(C(=O)N(C)CC1CC(Cl)C1)c1ccccc1. The lowest BCUT2D eigenvalue weighted by molar-refractivity contribution is -0.132. The van der Waals surface area contributed by atoms with Gasteiger partial charge in [0.2, 0.25) is 5.91 Å². The van der Waals surface area contributed by atoms with Crippen LogP contribution in [0.1, 0.15) is 31.2 Å². The summed E-state index contributed by atoms with van der Waals surface area (Å²) in [6, 6.07) is 9.94. The molecule has 0 bridgehead atoms. The molecule has 0 spiro atoms. The van der Waals surface area contributed by atoms with Crippen LogP contribution in [0.2, 0.25) is 0 Å². The topological polar surface area (TPSA) is 20.3 Å². The number of nitrogens with zero attached hydrogens (tertiary/aromatic N) is 1. The molecule has 1 aliphatic carbocycles. The second kappa shape index (κ2) is 5.75. The van der Waals surface area contributed by atoms with Crippen molar-refractivity contribution in [2.45, 2.75) is 31.1 Å². The van der Waals surface area contributed by atoms with Gasteiger partial charge >= 0.3 is 0 Å². The van der Waals surface area contributed by atoms with Crippen LogP contribution < -0.4 is 0 Å². The number of rotatable bonds is 4. The fourth-order valence-corrected chi connectivity index (χ4v) is 3.00. The summed E-state index contributed by atoms with van der Waals surface area (Å²) in [6.07, 6.45) is 2.08. The van der Waals surface area contributed by atoms with Crippen LogP contribution in [0, 0.1) is 5.92 Å². The molecule has 0 aromatic heterocycles. The van der Waals surface area contributed by atoms with Crippen molar-refractivity contribution >= 4 is 17.5 Å². The molecule has 1 aromatic rings. The van der Waals surface area contributed by atoms with E-state index in [1.54, 1.807) is 0 Å². The molecular weight excluding hydrogens is 246 g/mol. The van der Waals surface area contributed by atoms with E-state index in [4.69, 9.17) is 11.6 Å². The van der Waals surface area contributed by atoms with Gasteiger partial charge in [0.1, 0.15) is 0 Å². The molecule has 1 fully saturated rings. The fourth-order valence-electron chi connectivity index (χ4n) is 2.50. The monoisotopic (exact) mass is 265 g/mol. The van der Waals surface area contributed by atoms with E-state index in [1.165, 1.54) is 0 Å². The summed E-state index contributed by atoms with van der Waals surface area (Å²) in [7, 11) is 1.89. The van der Waals surface area contributed by atoms with Gasteiger partial charge in [-0.2, -0.15) is 0 Å². The van der Waals surface area contributed by atoms with E-state index >= 15 is 0 Å². The minimum atomic E-state index is -0.0666.